The Balaban J connectivity index is 1.53. The molecule has 0 aliphatic heterocycles. The van der Waals surface area contributed by atoms with Gasteiger partial charge < -0.3 is 15.2 Å². The van der Waals surface area contributed by atoms with Crippen LogP contribution in [0.1, 0.15) is 108 Å². The van der Waals surface area contributed by atoms with E-state index in [1.165, 1.54) is 11.1 Å². The van der Waals surface area contributed by atoms with Gasteiger partial charge >= 0.3 is 0 Å². The lowest BCUT2D eigenvalue weighted by Crippen LogP contribution is -2.49. The van der Waals surface area contributed by atoms with Gasteiger partial charge in [0.25, 0.3) is 0 Å². The molecule has 6 nitrogen and oxygen atoms in total. The molecule has 2 aliphatic carbocycles. The van der Waals surface area contributed by atoms with E-state index in [9.17, 15) is 14.7 Å². The van der Waals surface area contributed by atoms with E-state index in [1.54, 1.807) is 0 Å². The second-order valence-electron chi connectivity index (χ2n) is 15.2. The Labute approximate surface area is 323 Å². The average molecular weight is 823 g/mol. The zero-order valence-electron chi connectivity index (χ0n) is 30.5. The summed E-state index contributed by atoms with van der Waals surface area (Å²) in [6.45, 7) is 10.5. The van der Waals surface area contributed by atoms with Crippen LogP contribution in [0.15, 0.2) is 102 Å². The number of ketones is 2. The van der Waals surface area contributed by atoms with Gasteiger partial charge in [-0.05, 0) is 59.8 Å². The number of allylic oxidation sites excluding steroid dienone is 4. The highest BCUT2D eigenvalue weighted by molar-refractivity contribution is 14.1. The SMILES string of the molecule is CCCC1=CCC[C@H]1c1ccc(C(OC(O)C(CNC(CC(C)C)=C2C(=O)CC(C)(C)CC2=O)NI)(c2ccccc2)c2ccccc2Cl)cc1. The van der Waals surface area contributed by atoms with Crippen molar-refractivity contribution in [2.45, 2.75) is 103 Å². The summed E-state index contributed by atoms with van der Waals surface area (Å²) in [4.78, 5) is 26.6. The summed E-state index contributed by atoms with van der Waals surface area (Å²) in [7, 11) is 0. The Morgan fingerprint density at radius 2 is 1.61 bits per heavy atom. The van der Waals surface area contributed by atoms with Gasteiger partial charge in [0, 0.05) is 64.5 Å². The molecule has 272 valence electrons. The van der Waals surface area contributed by atoms with Gasteiger partial charge in [-0.1, -0.05) is 137 Å². The minimum Gasteiger partial charge on any atom is -0.386 e. The fourth-order valence-corrected chi connectivity index (χ4v) is 8.51. The zero-order valence-corrected chi connectivity index (χ0v) is 33.4. The average Bonchev–Trinajstić information content (AvgIpc) is 3.55. The maximum atomic E-state index is 13.3. The molecule has 1 saturated carbocycles. The second kappa shape index (κ2) is 17.3. The van der Waals surface area contributed by atoms with Crippen LogP contribution in [0.4, 0.5) is 0 Å². The molecule has 51 heavy (non-hydrogen) atoms. The summed E-state index contributed by atoms with van der Waals surface area (Å²) in [6.07, 6.45) is 6.66. The van der Waals surface area contributed by atoms with Crippen molar-refractivity contribution in [1.82, 2.24) is 8.85 Å². The second-order valence-corrected chi connectivity index (χ2v) is 16.3. The summed E-state index contributed by atoms with van der Waals surface area (Å²) >= 11 is 9.04. The lowest BCUT2D eigenvalue weighted by molar-refractivity contribution is -0.170. The molecule has 5 rings (SSSR count). The number of nitrogens with one attached hydrogen (secondary N) is 2. The number of hydrogen-bond acceptors (Lipinski definition) is 6. The molecule has 0 radical (unpaired) electrons. The number of ether oxygens (including phenoxy) is 1. The third-order valence-corrected chi connectivity index (χ3v) is 11.2. The summed E-state index contributed by atoms with van der Waals surface area (Å²) in [5.41, 5.74) is 4.40. The van der Waals surface area contributed by atoms with E-state index in [4.69, 9.17) is 16.3 Å². The lowest BCUT2D eigenvalue weighted by atomic mass is 9.73. The fourth-order valence-electron chi connectivity index (χ4n) is 7.72. The van der Waals surface area contributed by atoms with Gasteiger partial charge in [-0.15, -0.1) is 0 Å². The number of hydrogen-bond donors (Lipinski definition) is 3. The highest BCUT2D eigenvalue weighted by Gasteiger charge is 2.43. The Kier molecular flexibility index (Phi) is 13.4. The molecule has 0 heterocycles. The topological polar surface area (TPSA) is 87.7 Å². The first-order chi connectivity index (χ1) is 24.4. The van der Waals surface area contributed by atoms with E-state index in [2.05, 4.69) is 60.0 Å². The maximum absolute atomic E-state index is 13.3. The summed E-state index contributed by atoms with van der Waals surface area (Å²) in [6, 6.07) is 25.5. The third kappa shape index (κ3) is 9.05. The monoisotopic (exact) mass is 822 g/mol. The Bertz CT molecular complexity index is 1710. The Morgan fingerprint density at radius 1 is 0.980 bits per heavy atom. The van der Waals surface area contributed by atoms with E-state index in [1.807, 2.05) is 91.3 Å². The standard InChI is InChI=1S/C43H52ClIN2O4/c1-6-13-29-14-12-17-33(29)30-20-22-32(23-21-30)43(31-15-8-7-9-16-31,34-18-10-11-19-35(34)44)51-41(50)37(47-45)27-46-36(24-28(2)3)40-38(48)25-42(4,5)26-39(40)49/h7-11,14-16,18-23,28,33,37,41,46-47,50H,6,12-13,17,24-27H2,1-5H3/t33-,37?,41?,43?/m1/s1. The first kappa shape index (κ1) is 39.4. The normalized spacial score (nSPS) is 19.8. The van der Waals surface area contributed by atoms with Crippen LogP contribution in [-0.2, 0) is 19.9 Å². The van der Waals surface area contributed by atoms with Crippen molar-refractivity contribution >= 4 is 46.0 Å². The number of aliphatic hydroxyl groups excluding tert-OH is 1. The molecule has 1 fully saturated rings. The minimum atomic E-state index is -1.35. The number of aliphatic hydroxyl groups is 1. The summed E-state index contributed by atoms with van der Waals surface area (Å²) in [5.74, 6) is 0.346. The van der Waals surface area contributed by atoms with Gasteiger partial charge in [0.05, 0.1) is 11.6 Å². The van der Waals surface area contributed by atoms with Crippen LogP contribution in [0.5, 0.6) is 0 Å². The lowest BCUT2D eigenvalue weighted by Gasteiger charge is -2.40. The Hall–Kier alpha value is -2.82. The molecule has 0 amide bonds. The van der Waals surface area contributed by atoms with E-state index in [0.29, 0.717) is 41.5 Å². The molecule has 3 N–H and O–H groups in total. The molecule has 3 unspecified atom stereocenters. The van der Waals surface area contributed by atoms with Crippen LogP contribution in [0, 0.1) is 11.3 Å². The molecule has 0 aromatic heterocycles. The van der Waals surface area contributed by atoms with Gasteiger partial charge in [-0.25, -0.2) is 0 Å². The molecular weight excluding hydrogens is 771 g/mol. The molecular formula is C43H52ClIN2O4. The molecule has 4 atom stereocenters. The molecule has 0 bridgehead atoms. The first-order valence-corrected chi connectivity index (χ1v) is 19.7. The van der Waals surface area contributed by atoms with E-state index < -0.39 is 17.9 Å². The predicted molar refractivity (Wildman–Crippen MR) is 215 cm³/mol. The quantitative estimate of drug-likeness (QED) is 0.0269. The number of rotatable bonds is 15. The van der Waals surface area contributed by atoms with Crippen molar-refractivity contribution in [1.29, 1.82) is 0 Å². The van der Waals surface area contributed by atoms with Gasteiger partial charge in [0.2, 0.25) is 0 Å². The van der Waals surface area contributed by atoms with Gasteiger partial charge in [0.1, 0.15) is 5.60 Å². The molecule has 3 aromatic rings. The third-order valence-electron chi connectivity index (χ3n) is 10.1. The van der Waals surface area contributed by atoms with Crippen molar-refractivity contribution < 1.29 is 19.4 Å². The fraction of sp³-hybridized carbons (Fsp3) is 0.442. The van der Waals surface area contributed by atoms with Crippen LogP contribution in [0.2, 0.25) is 5.02 Å². The molecule has 0 spiro atoms. The largest absolute Gasteiger partial charge is 0.386 e. The van der Waals surface area contributed by atoms with Crippen molar-refractivity contribution in [3.8, 4) is 0 Å². The summed E-state index contributed by atoms with van der Waals surface area (Å²) < 4.78 is 10.2. The summed E-state index contributed by atoms with van der Waals surface area (Å²) in [5, 5.41) is 16.0. The predicted octanol–water partition coefficient (Wildman–Crippen LogP) is 9.73. The van der Waals surface area contributed by atoms with Crippen LogP contribution in [0.3, 0.4) is 0 Å². The maximum Gasteiger partial charge on any atom is 0.174 e. The van der Waals surface area contributed by atoms with Crippen molar-refractivity contribution in [3.05, 3.63) is 129 Å². The van der Waals surface area contributed by atoms with Crippen LogP contribution in [-0.4, -0.2) is 35.5 Å². The number of carbonyl (C=O) groups is 2. The molecule has 2 aliphatic rings. The molecule has 0 saturated heterocycles. The van der Waals surface area contributed by atoms with Crippen molar-refractivity contribution in [2.75, 3.05) is 6.54 Å². The minimum absolute atomic E-state index is 0.129. The van der Waals surface area contributed by atoms with Crippen molar-refractivity contribution in [2.24, 2.45) is 11.3 Å². The number of carbonyl (C=O) groups excluding carboxylic acids is 2. The Morgan fingerprint density at radius 3 is 2.22 bits per heavy atom. The van der Waals surface area contributed by atoms with Gasteiger partial charge in [-0.2, -0.15) is 0 Å². The number of halogens is 2. The highest BCUT2D eigenvalue weighted by atomic mass is 127. The van der Waals surface area contributed by atoms with Crippen LogP contribution in [0.25, 0.3) is 0 Å². The van der Waals surface area contributed by atoms with E-state index in [0.717, 1.165) is 36.8 Å². The van der Waals surface area contributed by atoms with Crippen LogP contribution >= 0.6 is 34.5 Å². The van der Waals surface area contributed by atoms with Gasteiger partial charge in [0.15, 0.2) is 17.9 Å². The molecule has 8 heteroatoms. The van der Waals surface area contributed by atoms with Crippen molar-refractivity contribution in [3.63, 3.8) is 0 Å². The first-order valence-electron chi connectivity index (χ1n) is 18.3. The van der Waals surface area contributed by atoms with Gasteiger partial charge in [-0.3, -0.25) is 13.1 Å². The van der Waals surface area contributed by atoms with E-state index >= 15 is 0 Å². The zero-order chi connectivity index (χ0) is 36.8. The van der Waals surface area contributed by atoms with E-state index in [-0.39, 0.29) is 35.0 Å². The smallest absolute Gasteiger partial charge is 0.174 e. The number of benzene rings is 3. The van der Waals surface area contributed by atoms with Crippen LogP contribution < -0.4 is 8.85 Å². The number of Topliss-reactive ketones (excluding diaryl/α,β-unsaturated/α-hetero) is 2. The molecule has 3 aromatic carbocycles. The highest BCUT2D eigenvalue weighted by Crippen LogP contribution is 2.46.